The number of nitrogens with one attached hydrogen (secondary N) is 2. The quantitative estimate of drug-likeness (QED) is 0.00281. The summed E-state index contributed by atoms with van der Waals surface area (Å²) in [5, 5.41) is 41.7. The number of ether oxygens (including phenoxy) is 11. The number of aromatic nitrogens is 2. The molecule has 2 aromatic heterocycles. The number of nitrogens with zero attached hydrogens (tertiary/aromatic N) is 3. The summed E-state index contributed by atoms with van der Waals surface area (Å²) in [5.41, 5.74) is 11.9. The number of carbonyl (C=O) groups excluding carboxylic acids is 1. The van der Waals surface area contributed by atoms with Crippen LogP contribution in [0.25, 0.3) is 44.5 Å². The first kappa shape index (κ1) is 90.9. The van der Waals surface area contributed by atoms with Gasteiger partial charge in [0.2, 0.25) is 10.0 Å². The lowest BCUT2D eigenvalue weighted by molar-refractivity contribution is -0.386. The predicted octanol–water partition coefficient (Wildman–Crippen LogP) is 6.56. The number of hydrogen-bond acceptors (Lipinski definition) is 31. The molecule has 4 heterocycles. The molecule has 13 N–H and O–H groups in total. The van der Waals surface area contributed by atoms with Crippen LogP contribution in [0.4, 0.5) is 17.1 Å². The Morgan fingerprint density at radius 3 is 1.94 bits per heavy atom. The minimum absolute atomic E-state index is 0.0337. The van der Waals surface area contributed by atoms with Gasteiger partial charge in [-0.3, -0.25) is 29.4 Å². The van der Waals surface area contributed by atoms with Crippen molar-refractivity contribution in [3.05, 3.63) is 117 Å². The minimum atomic E-state index is -5.81. The molecule has 0 radical (unpaired) electrons. The Morgan fingerprint density at radius 2 is 1.37 bits per heavy atom. The monoisotopic (exact) mass is 1690 g/mol. The van der Waals surface area contributed by atoms with E-state index in [0.29, 0.717) is 63.8 Å². The van der Waals surface area contributed by atoms with Gasteiger partial charge in [0, 0.05) is 83.8 Å². The molecule has 0 bridgehead atoms. The van der Waals surface area contributed by atoms with E-state index in [1.807, 2.05) is 20.8 Å². The maximum atomic E-state index is 13.9. The van der Waals surface area contributed by atoms with Crippen molar-refractivity contribution in [2.24, 2.45) is 5.41 Å². The molecule has 0 saturated carbocycles. The number of methoxy groups -OCH3 is 1. The Balaban J connectivity index is 0.647. The summed E-state index contributed by atoms with van der Waals surface area (Å²) in [5.74, 6) is 3.94. The van der Waals surface area contributed by atoms with Crippen LogP contribution in [-0.2, 0) is 106 Å². The fourth-order valence-electron chi connectivity index (χ4n) is 11.6. The van der Waals surface area contributed by atoms with Crippen LogP contribution < -0.4 is 26.3 Å². The zero-order valence-electron chi connectivity index (χ0n) is 61.5. The molecule has 6 atom stereocenters. The van der Waals surface area contributed by atoms with Crippen molar-refractivity contribution < 1.29 is 149 Å². The summed E-state index contributed by atoms with van der Waals surface area (Å²) in [7, 11) is -25.3. The number of nitro groups is 1. The number of carbonyl (C=O) groups is 2. The number of aromatic carboxylic acids is 1. The van der Waals surface area contributed by atoms with E-state index < -0.39 is 118 Å². The summed E-state index contributed by atoms with van der Waals surface area (Å²) in [4.78, 5) is 77.2. The van der Waals surface area contributed by atoms with E-state index in [-0.39, 0.29) is 165 Å². The van der Waals surface area contributed by atoms with Gasteiger partial charge in [-0.1, -0.05) is 50.8 Å². The van der Waals surface area contributed by atoms with E-state index in [2.05, 4.69) is 30.2 Å². The molecule has 2 aliphatic heterocycles. The second-order valence-electron chi connectivity index (χ2n) is 25.8. The van der Waals surface area contributed by atoms with E-state index >= 15 is 0 Å². The number of carboxylic acids is 1. The number of Topliss-reactive ketones (excluding diaryl/α,β-unsaturated/α-hetero) is 1. The molecule has 3 unspecified atom stereocenters. The second-order valence-corrected chi connectivity index (χ2v) is 33.3. The van der Waals surface area contributed by atoms with Crippen molar-refractivity contribution in [1.82, 2.24) is 14.3 Å². The van der Waals surface area contributed by atoms with Crippen LogP contribution in [0.5, 0.6) is 5.75 Å². The minimum Gasteiger partial charge on any atom is -0.495 e. The number of anilines is 2. The SMILES string of the molecule is COc1cc([C@@H](OCc2cn([C@H]3CC(O)[C@@H](COP(=O)(O)OP(=O)(O)OP(=O)(O)O)O3)c3nccc(N)c23)C(C)(C)C)c([N+](=O)[O-])cc1C#CCCC(=O)CCOCCOCCOCCOCCOCCOCCOCCOCCNS(=O)(=O)c1c(N)ccc2c(-c3ccccc3C(=O)O)c3ccc(=N)c(S(=O)(=O)O)c-3oc12. The molecule has 45 heteroatoms. The average molecular weight is 1690 g/mol. The van der Waals surface area contributed by atoms with Gasteiger partial charge in [0.05, 0.1) is 171 Å². The summed E-state index contributed by atoms with van der Waals surface area (Å²) >= 11 is 0. The third kappa shape index (κ3) is 26.2. The normalized spacial score (nSPS) is 16.3. The Hall–Kier alpha value is -7.67. The van der Waals surface area contributed by atoms with E-state index in [1.54, 1.807) is 6.20 Å². The molecule has 620 valence electrons. The number of nitro benzene ring substituents is 1. The van der Waals surface area contributed by atoms with Crippen LogP contribution in [0, 0.1) is 32.8 Å². The molecule has 3 aromatic carbocycles. The summed E-state index contributed by atoms with van der Waals surface area (Å²) in [6.45, 7) is 7.88. The van der Waals surface area contributed by atoms with Crippen molar-refractivity contribution in [2.75, 3.05) is 137 Å². The number of ketones is 1. The first-order valence-electron chi connectivity index (χ1n) is 34.5. The van der Waals surface area contributed by atoms with Gasteiger partial charge in [0.1, 0.15) is 34.4 Å². The highest BCUT2D eigenvalue weighted by molar-refractivity contribution is 7.90. The van der Waals surface area contributed by atoms with Gasteiger partial charge in [-0.05, 0) is 53.4 Å². The Morgan fingerprint density at radius 1 is 0.779 bits per heavy atom. The fraction of sp³-hybridized carbons (Fsp3) is 0.471. The lowest BCUT2D eigenvalue weighted by Crippen LogP contribution is -2.29. The highest BCUT2D eigenvalue weighted by Gasteiger charge is 2.44. The van der Waals surface area contributed by atoms with Gasteiger partial charge < -0.3 is 102 Å². The van der Waals surface area contributed by atoms with Crippen LogP contribution >= 0.6 is 23.5 Å². The molecule has 8 rings (SSSR count). The number of nitrogens with two attached hydrogens (primary N) is 2. The third-order valence-corrected chi connectivity index (χ3v) is 22.8. The second kappa shape index (κ2) is 41.3. The molecule has 1 aliphatic carbocycles. The van der Waals surface area contributed by atoms with Gasteiger partial charge in [-0.15, -0.1) is 0 Å². The largest absolute Gasteiger partial charge is 0.495 e. The number of fused-ring (bicyclic) bond motifs is 3. The van der Waals surface area contributed by atoms with Crippen LogP contribution in [-0.4, -0.2) is 216 Å². The van der Waals surface area contributed by atoms with Crippen molar-refractivity contribution in [1.29, 1.82) is 5.41 Å². The third-order valence-electron chi connectivity index (χ3n) is 16.5. The van der Waals surface area contributed by atoms with Crippen LogP contribution in [0.3, 0.4) is 0 Å². The highest BCUT2D eigenvalue weighted by atomic mass is 32.2. The lowest BCUT2D eigenvalue weighted by Gasteiger charge is -2.31. The van der Waals surface area contributed by atoms with Gasteiger partial charge in [-0.2, -0.15) is 17.0 Å². The van der Waals surface area contributed by atoms with Crippen molar-refractivity contribution in [3.63, 3.8) is 0 Å². The van der Waals surface area contributed by atoms with E-state index in [4.69, 9.17) is 87.7 Å². The van der Waals surface area contributed by atoms with Crippen LogP contribution in [0.2, 0.25) is 0 Å². The molecule has 0 amide bonds. The molecule has 1 fully saturated rings. The van der Waals surface area contributed by atoms with Gasteiger partial charge >= 0.3 is 29.4 Å². The topological polar surface area (TPSA) is 586 Å². The van der Waals surface area contributed by atoms with Crippen molar-refractivity contribution >= 4 is 94.4 Å². The van der Waals surface area contributed by atoms with Gasteiger partial charge in [0.15, 0.2) is 16.2 Å². The number of hydrogen-bond donors (Lipinski definition) is 11. The molecule has 3 aliphatic rings. The Labute approximate surface area is 647 Å². The zero-order chi connectivity index (χ0) is 82.5. The maximum absolute atomic E-state index is 13.9. The summed E-state index contributed by atoms with van der Waals surface area (Å²) < 4.78 is 183. The standard InChI is InChI=1S/C68H88N7O33P3S2/c1-68(2,3)65(103-41-44-40-74(66-59(44)51(69)17-19-72-66)58-39-55(77)57(105-58)42-104-110(85,86)108-111(87,88)107-109(82,83)84)50-38-56(94-4)43(37-54(50)75(80)81)9-5-6-10-45(76)18-21-95-23-25-97-27-29-99-31-33-101-35-36-102-34-32-100-30-28-98-26-24-96-22-20-73-112(89,90)63-52(70)15-13-48-60(46-11-7-8-12-47(46)67(78)79)49-14-16-53(71)64(113(91,92)93)62(49)106-61(48)63/h7-8,11-17,19,37-38,40,55,57-58,65,71,73,77H,6,10,18,20-36,39,41-42,70H2,1-4H3,(H2,69,72)(H,78,79)(H,85,86)(H,87,88)(H2,82,83,84)(H,91,92,93)/t55?,57-,58-,65-/m1/s1. The summed E-state index contributed by atoms with van der Waals surface area (Å²) in [6.07, 6.45) is -1.59. The van der Waals surface area contributed by atoms with Crippen molar-refractivity contribution in [2.45, 2.75) is 87.4 Å². The highest BCUT2D eigenvalue weighted by Crippen LogP contribution is 2.66. The smallest absolute Gasteiger partial charge is 0.490 e. The maximum Gasteiger partial charge on any atom is 0.490 e. The number of rotatable bonds is 48. The zero-order valence-corrected chi connectivity index (χ0v) is 65.8. The molecule has 113 heavy (non-hydrogen) atoms. The number of aliphatic hydroxyl groups excluding tert-OH is 1. The molecular weight excluding hydrogens is 1600 g/mol. The molecule has 0 spiro atoms. The van der Waals surface area contributed by atoms with E-state index in [9.17, 15) is 74.8 Å². The number of nitrogen functional groups attached to an aromatic ring is 2. The van der Waals surface area contributed by atoms with Crippen molar-refractivity contribution in [3.8, 4) is 40.0 Å². The fourth-order valence-corrected chi connectivity index (χ4v) is 16.7. The van der Waals surface area contributed by atoms with E-state index in [1.165, 1.54) is 78.5 Å². The number of aliphatic hydroxyl groups is 1. The average Bonchev–Trinajstić information content (AvgIpc) is 1.43. The summed E-state index contributed by atoms with van der Waals surface area (Å²) in [6, 6.07) is 15.0. The van der Waals surface area contributed by atoms with Crippen LogP contribution in [0.15, 0.2) is 93.3 Å². The Kier molecular flexibility index (Phi) is 33.2. The van der Waals surface area contributed by atoms with Gasteiger partial charge in [0.25, 0.3) is 15.8 Å². The molecular formula is C68H88N7O33P3S2. The number of phosphoric acid groups is 3. The van der Waals surface area contributed by atoms with Crippen LogP contribution in [0.1, 0.15) is 85.8 Å². The first-order valence-corrected chi connectivity index (χ1v) is 42.0. The Bertz CT molecular complexity index is 4970. The predicted molar refractivity (Wildman–Crippen MR) is 398 cm³/mol. The number of pyridine rings is 1. The number of benzene rings is 4. The molecule has 5 aromatic rings. The first-order chi connectivity index (χ1) is 53.4. The molecule has 40 nitrogen and oxygen atoms in total. The number of carboxylic acid groups (broad SMARTS) is 1. The number of phosphoric ester groups is 1. The van der Waals surface area contributed by atoms with Gasteiger partial charge in [-0.25, -0.2) is 36.6 Å². The van der Waals surface area contributed by atoms with E-state index in [0.717, 1.165) is 6.07 Å². The lowest BCUT2D eigenvalue weighted by atomic mass is 9.83. The molecule has 1 saturated heterocycles. The number of sulfonamides is 1.